The molecule has 0 atom stereocenters. The fourth-order valence-electron chi connectivity index (χ4n) is 2.15. The molecule has 0 bridgehead atoms. The topological polar surface area (TPSA) is 26.0 Å². The van der Waals surface area contributed by atoms with Gasteiger partial charge in [0.25, 0.3) is 0 Å². The Bertz CT molecular complexity index is 573. The van der Waals surface area contributed by atoms with Crippen LogP contribution >= 0.6 is 11.3 Å². The van der Waals surface area contributed by atoms with Crippen LogP contribution in [0.1, 0.15) is 36.8 Å². The molecule has 0 unspecified atom stereocenters. The molecule has 1 nitrogen and oxygen atoms in total. The number of nitrogen functional groups attached to an aromatic ring is 1. The Labute approximate surface area is 114 Å². The molecule has 2 aromatic rings. The Morgan fingerprint density at radius 1 is 1.00 bits per heavy atom. The first-order valence-corrected chi connectivity index (χ1v) is 7.08. The zero-order valence-electron chi connectivity index (χ0n) is 11.8. The van der Waals surface area contributed by atoms with Crippen molar-refractivity contribution >= 4 is 16.3 Å². The first-order valence-electron chi connectivity index (χ1n) is 6.26. The van der Waals surface area contributed by atoms with Gasteiger partial charge in [0.05, 0.1) is 5.00 Å². The smallest absolute Gasteiger partial charge is 0.0865 e. The highest BCUT2D eigenvalue weighted by Crippen LogP contribution is 2.36. The van der Waals surface area contributed by atoms with Gasteiger partial charge in [-0.05, 0) is 47.6 Å². The zero-order chi connectivity index (χ0) is 13.5. The molecule has 0 spiro atoms. The van der Waals surface area contributed by atoms with Gasteiger partial charge < -0.3 is 5.73 Å². The van der Waals surface area contributed by atoms with E-state index in [0.29, 0.717) is 0 Å². The molecule has 0 aliphatic rings. The predicted molar refractivity (Wildman–Crippen MR) is 82.3 cm³/mol. The van der Waals surface area contributed by atoms with Gasteiger partial charge in [0.15, 0.2) is 0 Å². The van der Waals surface area contributed by atoms with Gasteiger partial charge in [-0.25, -0.2) is 0 Å². The first kappa shape index (κ1) is 13.2. The summed E-state index contributed by atoms with van der Waals surface area (Å²) in [5.41, 5.74) is 11.4. The Kier molecular flexibility index (Phi) is 3.24. The predicted octanol–water partition coefficient (Wildman–Crippen LogP) is 4.91. The van der Waals surface area contributed by atoms with E-state index in [0.717, 1.165) is 5.00 Å². The highest BCUT2D eigenvalue weighted by atomic mass is 32.1. The summed E-state index contributed by atoms with van der Waals surface area (Å²) in [5, 5.41) is 0.892. The maximum atomic E-state index is 5.91. The van der Waals surface area contributed by atoms with Crippen molar-refractivity contribution in [2.24, 2.45) is 0 Å². The molecule has 0 saturated carbocycles. The lowest BCUT2D eigenvalue weighted by atomic mass is 9.84. The van der Waals surface area contributed by atoms with Gasteiger partial charge in [0, 0.05) is 4.88 Å². The second kappa shape index (κ2) is 4.43. The molecule has 2 rings (SSSR count). The maximum absolute atomic E-state index is 5.91. The van der Waals surface area contributed by atoms with Crippen molar-refractivity contribution in [3.63, 3.8) is 0 Å². The standard InChI is InChI=1S/C16H21NS/c1-10-6-7-12(16(3,4)5)8-13(10)14-9-15(17)18-11(14)2/h6-9H,17H2,1-5H3. The van der Waals surface area contributed by atoms with E-state index < -0.39 is 0 Å². The van der Waals surface area contributed by atoms with Crippen LogP contribution in [0.25, 0.3) is 11.1 Å². The average Bonchev–Trinajstić information content (AvgIpc) is 2.56. The molecule has 0 aliphatic heterocycles. The van der Waals surface area contributed by atoms with Crippen molar-refractivity contribution in [2.75, 3.05) is 5.73 Å². The van der Waals surface area contributed by atoms with Crippen molar-refractivity contribution in [1.29, 1.82) is 0 Å². The van der Waals surface area contributed by atoms with Gasteiger partial charge in [-0.1, -0.05) is 39.0 Å². The van der Waals surface area contributed by atoms with Gasteiger partial charge >= 0.3 is 0 Å². The van der Waals surface area contributed by atoms with Gasteiger partial charge in [-0.3, -0.25) is 0 Å². The molecule has 1 heterocycles. The van der Waals surface area contributed by atoms with E-state index in [1.54, 1.807) is 11.3 Å². The van der Waals surface area contributed by atoms with Crippen LogP contribution in [0.5, 0.6) is 0 Å². The van der Waals surface area contributed by atoms with E-state index in [1.165, 1.54) is 27.1 Å². The van der Waals surface area contributed by atoms with Crippen molar-refractivity contribution in [2.45, 2.75) is 40.0 Å². The molecule has 1 aromatic heterocycles. The summed E-state index contributed by atoms with van der Waals surface area (Å²) in [6.45, 7) is 11.0. The van der Waals surface area contributed by atoms with Gasteiger partial charge in [-0.2, -0.15) is 0 Å². The molecule has 18 heavy (non-hydrogen) atoms. The van der Waals surface area contributed by atoms with E-state index in [4.69, 9.17) is 5.73 Å². The van der Waals surface area contributed by atoms with Gasteiger partial charge in [0.1, 0.15) is 0 Å². The van der Waals surface area contributed by atoms with Crippen molar-refractivity contribution in [3.05, 3.63) is 40.3 Å². The molecular formula is C16H21NS. The summed E-state index contributed by atoms with van der Waals surface area (Å²) >= 11 is 1.66. The minimum Gasteiger partial charge on any atom is -0.391 e. The number of rotatable bonds is 1. The number of nitrogens with two attached hydrogens (primary N) is 1. The molecule has 0 saturated heterocycles. The Balaban J connectivity index is 2.60. The highest BCUT2D eigenvalue weighted by molar-refractivity contribution is 7.16. The largest absolute Gasteiger partial charge is 0.391 e. The second-order valence-corrected chi connectivity index (χ2v) is 7.19. The average molecular weight is 259 g/mol. The molecule has 0 aliphatic carbocycles. The summed E-state index contributed by atoms with van der Waals surface area (Å²) in [4.78, 5) is 1.29. The summed E-state index contributed by atoms with van der Waals surface area (Å²) in [6.07, 6.45) is 0. The van der Waals surface area contributed by atoms with E-state index in [-0.39, 0.29) is 5.41 Å². The van der Waals surface area contributed by atoms with E-state index in [9.17, 15) is 0 Å². The number of anilines is 1. The van der Waals surface area contributed by atoms with E-state index in [1.807, 2.05) is 0 Å². The summed E-state index contributed by atoms with van der Waals surface area (Å²) < 4.78 is 0. The molecule has 0 amide bonds. The molecule has 0 radical (unpaired) electrons. The SMILES string of the molecule is Cc1ccc(C(C)(C)C)cc1-c1cc(N)sc1C. The van der Waals surface area contributed by atoms with Gasteiger partial charge in [0.2, 0.25) is 0 Å². The third-order valence-corrected chi connectivity index (χ3v) is 4.21. The summed E-state index contributed by atoms with van der Waals surface area (Å²) in [7, 11) is 0. The van der Waals surface area contributed by atoms with Crippen LogP contribution in [0.4, 0.5) is 5.00 Å². The molecule has 96 valence electrons. The third-order valence-electron chi connectivity index (χ3n) is 3.33. The summed E-state index contributed by atoms with van der Waals surface area (Å²) in [5.74, 6) is 0. The number of thiophene rings is 1. The lowest BCUT2D eigenvalue weighted by Crippen LogP contribution is -2.11. The maximum Gasteiger partial charge on any atom is 0.0865 e. The van der Waals surface area contributed by atoms with Crippen LogP contribution in [-0.4, -0.2) is 0 Å². The minimum absolute atomic E-state index is 0.178. The monoisotopic (exact) mass is 259 g/mol. The third kappa shape index (κ3) is 2.44. The van der Waals surface area contributed by atoms with Crippen LogP contribution in [-0.2, 0) is 5.41 Å². The lowest BCUT2D eigenvalue weighted by molar-refractivity contribution is 0.590. The van der Waals surface area contributed by atoms with Crippen molar-refractivity contribution in [3.8, 4) is 11.1 Å². The Morgan fingerprint density at radius 3 is 2.17 bits per heavy atom. The summed E-state index contributed by atoms with van der Waals surface area (Å²) in [6, 6.07) is 8.84. The van der Waals surface area contributed by atoms with Crippen LogP contribution in [0.2, 0.25) is 0 Å². The van der Waals surface area contributed by atoms with Crippen LogP contribution in [0.15, 0.2) is 24.3 Å². The normalized spacial score (nSPS) is 11.8. The molecule has 1 aromatic carbocycles. The van der Waals surface area contributed by atoms with Gasteiger partial charge in [-0.15, -0.1) is 11.3 Å². The molecule has 0 fully saturated rings. The Morgan fingerprint density at radius 2 is 1.67 bits per heavy atom. The zero-order valence-corrected chi connectivity index (χ0v) is 12.6. The Hall–Kier alpha value is -1.28. The van der Waals surface area contributed by atoms with Crippen molar-refractivity contribution < 1.29 is 0 Å². The molecule has 2 heteroatoms. The van der Waals surface area contributed by atoms with Crippen LogP contribution in [0.3, 0.4) is 0 Å². The van der Waals surface area contributed by atoms with E-state index >= 15 is 0 Å². The number of benzene rings is 1. The minimum atomic E-state index is 0.178. The van der Waals surface area contributed by atoms with Crippen LogP contribution < -0.4 is 5.73 Å². The first-order chi connectivity index (χ1) is 8.29. The number of hydrogen-bond donors (Lipinski definition) is 1. The second-order valence-electron chi connectivity index (χ2n) is 5.90. The fourth-order valence-corrected chi connectivity index (χ4v) is 2.96. The van der Waals surface area contributed by atoms with E-state index in [2.05, 4.69) is 58.9 Å². The molecule has 2 N–H and O–H groups in total. The van der Waals surface area contributed by atoms with Crippen molar-refractivity contribution in [1.82, 2.24) is 0 Å². The lowest BCUT2D eigenvalue weighted by Gasteiger charge is -2.21. The number of aryl methyl sites for hydroxylation is 2. The van der Waals surface area contributed by atoms with Crippen LogP contribution in [0, 0.1) is 13.8 Å². The quantitative estimate of drug-likeness (QED) is 0.773. The number of hydrogen-bond acceptors (Lipinski definition) is 2. The molecular weight excluding hydrogens is 238 g/mol. The highest BCUT2D eigenvalue weighted by Gasteiger charge is 2.16. The fraction of sp³-hybridized carbons (Fsp3) is 0.375.